The Balaban J connectivity index is 0.00000261. The second-order valence-corrected chi connectivity index (χ2v) is 6.46. The molecule has 0 radical (unpaired) electrons. The van der Waals surface area contributed by atoms with Crippen molar-refractivity contribution in [2.45, 2.75) is 12.8 Å². The summed E-state index contributed by atoms with van der Waals surface area (Å²) in [6.07, 6.45) is 1.02. The lowest BCUT2D eigenvalue weighted by Gasteiger charge is -2.22. The van der Waals surface area contributed by atoms with Crippen LogP contribution in [0.1, 0.15) is 22.3 Å². The van der Waals surface area contributed by atoms with Crippen LogP contribution in [0.5, 0.6) is 0 Å². The second kappa shape index (κ2) is 9.37. The highest BCUT2D eigenvalue weighted by Crippen LogP contribution is 2.13. The Morgan fingerprint density at radius 1 is 0.963 bits per heavy atom. The van der Waals surface area contributed by atoms with Gasteiger partial charge in [0.05, 0.1) is 6.42 Å². The van der Waals surface area contributed by atoms with Crippen molar-refractivity contribution in [2.24, 2.45) is 0 Å². The van der Waals surface area contributed by atoms with Gasteiger partial charge in [0.15, 0.2) is 0 Å². The molecule has 0 aliphatic carbocycles. The maximum absolute atomic E-state index is 13.3. The molecule has 1 saturated heterocycles. The maximum Gasteiger partial charge on any atom is 0.254 e. The first-order valence-electron chi connectivity index (χ1n) is 8.70. The number of halogens is 2. The molecule has 0 spiro atoms. The number of carbonyl (C=O) groups is 2. The average molecular weight is 392 g/mol. The van der Waals surface area contributed by atoms with E-state index in [1.54, 1.807) is 28.0 Å². The summed E-state index contributed by atoms with van der Waals surface area (Å²) >= 11 is 0. The lowest BCUT2D eigenvalue weighted by Crippen LogP contribution is -2.38. The van der Waals surface area contributed by atoms with Crippen molar-refractivity contribution in [3.05, 3.63) is 65.5 Å². The van der Waals surface area contributed by atoms with Crippen LogP contribution in [0.3, 0.4) is 0 Å². The molecule has 1 aliphatic rings. The van der Waals surface area contributed by atoms with E-state index >= 15 is 0 Å². The van der Waals surface area contributed by atoms with Gasteiger partial charge >= 0.3 is 0 Å². The van der Waals surface area contributed by atoms with Crippen LogP contribution in [-0.4, -0.2) is 47.8 Å². The molecule has 1 aliphatic heterocycles. The van der Waals surface area contributed by atoms with E-state index in [4.69, 9.17) is 5.73 Å². The highest BCUT2D eigenvalue weighted by atomic mass is 35.5. The molecule has 2 N–H and O–H groups in total. The monoisotopic (exact) mass is 391 g/mol. The third-order valence-electron chi connectivity index (χ3n) is 4.54. The van der Waals surface area contributed by atoms with Gasteiger partial charge in [0.1, 0.15) is 5.82 Å². The number of anilines is 1. The summed E-state index contributed by atoms with van der Waals surface area (Å²) in [6.45, 7) is 2.10. The molecule has 1 fully saturated rings. The van der Waals surface area contributed by atoms with E-state index in [9.17, 15) is 14.0 Å². The summed E-state index contributed by atoms with van der Waals surface area (Å²) in [5.41, 5.74) is 7.59. The Morgan fingerprint density at radius 3 is 2.33 bits per heavy atom. The van der Waals surface area contributed by atoms with Gasteiger partial charge in [-0.05, 0) is 42.3 Å². The Kier molecular flexibility index (Phi) is 7.19. The zero-order chi connectivity index (χ0) is 18.5. The fourth-order valence-corrected chi connectivity index (χ4v) is 3.10. The minimum absolute atomic E-state index is 0. The molecule has 0 atom stereocenters. The normalized spacial score (nSPS) is 14.3. The molecule has 0 bridgehead atoms. The topological polar surface area (TPSA) is 66.6 Å². The van der Waals surface area contributed by atoms with Crippen LogP contribution in [0.2, 0.25) is 0 Å². The predicted molar refractivity (Wildman–Crippen MR) is 105 cm³/mol. The van der Waals surface area contributed by atoms with E-state index in [1.165, 1.54) is 18.2 Å². The van der Waals surface area contributed by atoms with Crippen molar-refractivity contribution >= 4 is 29.9 Å². The van der Waals surface area contributed by atoms with Gasteiger partial charge in [-0.3, -0.25) is 9.59 Å². The van der Waals surface area contributed by atoms with Crippen LogP contribution >= 0.6 is 12.4 Å². The first-order valence-corrected chi connectivity index (χ1v) is 8.70. The van der Waals surface area contributed by atoms with E-state index in [0.717, 1.165) is 5.56 Å². The maximum atomic E-state index is 13.3. The Hall–Kier alpha value is -2.60. The Bertz CT molecular complexity index is 798. The number of nitrogens with zero attached hydrogens (tertiary/aromatic N) is 2. The minimum atomic E-state index is -0.425. The van der Waals surface area contributed by atoms with E-state index < -0.39 is 5.82 Å². The predicted octanol–water partition coefficient (Wildman–Crippen LogP) is 2.75. The fraction of sp³-hybridized carbons (Fsp3) is 0.300. The van der Waals surface area contributed by atoms with Crippen molar-refractivity contribution in [1.82, 2.24) is 9.80 Å². The van der Waals surface area contributed by atoms with Crippen LogP contribution in [0.4, 0.5) is 10.1 Å². The fourth-order valence-electron chi connectivity index (χ4n) is 3.10. The molecular formula is C20H23ClFN3O2. The zero-order valence-corrected chi connectivity index (χ0v) is 15.8. The molecule has 5 nitrogen and oxygen atoms in total. The van der Waals surface area contributed by atoms with Crippen molar-refractivity contribution in [2.75, 3.05) is 31.9 Å². The molecule has 0 saturated carbocycles. The molecule has 2 aromatic carbocycles. The van der Waals surface area contributed by atoms with Crippen molar-refractivity contribution < 1.29 is 14.0 Å². The quantitative estimate of drug-likeness (QED) is 0.818. The van der Waals surface area contributed by atoms with Crippen molar-refractivity contribution in [3.63, 3.8) is 0 Å². The van der Waals surface area contributed by atoms with Gasteiger partial charge in [-0.25, -0.2) is 4.39 Å². The molecule has 27 heavy (non-hydrogen) atoms. The first-order chi connectivity index (χ1) is 12.5. The lowest BCUT2D eigenvalue weighted by atomic mass is 10.1. The van der Waals surface area contributed by atoms with Crippen LogP contribution in [0.15, 0.2) is 48.5 Å². The van der Waals surface area contributed by atoms with Gasteiger partial charge < -0.3 is 15.5 Å². The molecule has 144 valence electrons. The van der Waals surface area contributed by atoms with Gasteiger partial charge in [0.25, 0.3) is 5.91 Å². The SMILES string of the molecule is Cl.Nc1ccc(CC(=O)N2CCCN(C(=O)c3cccc(F)c3)CC2)cc1. The highest BCUT2D eigenvalue weighted by molar-refractivity contribution is 5.94. The van der Waals surface area contributed by atoms with Gasteiger partial charge in [0.2, 0.25) is 5.91 Å². The standard InChI is InChI=1S/C20H22FN3O2.ClH/c21-17-4-1-3-16(14-17)20(26)24-10-2-9-23(11-12-24)19(25)13-15-5-7-18(22)8-6-15;/h1,3-8,14H,2,9-13,22H2;1H. The average Bonchev–Trinajstić information content (AvgIpc) is 2.89. The summed E-state index contributed by atoms with van der Waals surface area (Å²) in [5.74, 6) is -0.585. The number of rotatable bonds is 3. The smallest absolute Gasteiger partial charge is 0.254 e. The van der Waals surface area contributed by atoms with Crippen LogP contribution in [0, 0.1) is 5.82 Å². The largest absolute Gasteiger partial charge is 0.399 e. The van der Waals surface area contributed by atoms with Crippen molar-refractivity contribution in [3.8, 4) is 0 Å². The van der Waals surface area contributed by atoms with E-state index in [2.05, 4.69) is 0 Å². The molecule has 2 amide bonds. The van der Waals surface area contributed by atoms with E-state index in [-0.39, 0.29) is 24.2 Å². The Labute approximate surface area is 164 Å². The van der Waals surface area contributed by atoms with E-state index in [0.29, 0.717) is 50.3 Å². The zero-order valence-electron chi connectivity index (χ0n) is 14.9. The summed E-state index contributed by atoms with van der Waals surface area (Å²) in [5, 5.41) is 0. The number of nitrogen functional groups attached to an aromatic ring is 1. The number of hydrogen-bond acceptors (Lipinski definition) is 3. The van der Waals surface area contributed by atoms with Crippen LogP contribution in [0.25, 0.3) is 0 Å². The summed E-state index contributed by atoms with van der Waals surface area (Å²) in [6, 6.07) is 13.0. The number of carbonyl (C=O) groups excluding carboxylic acids is 2. The number of hydrogen-bond donors (Lipinski definition) is 1. The van der Waals surface area contributed by atoms with E-state index in [1.807, 2.05) is 12.1 Å². The highest BCUT2D eigenvalue weighted by Gasteiger charge is 2.23. The minimum Gasteiger partial charge on any atom is -0.399 e. The lowest BCUT2D eigenvalue weighted by molar-refractivity contribution is -0.130. The summed E-state index contributed by atoms with van der Waals surface area (Å²) in [7, 11) is 0. The second-order valence-electron chi connectivity index (χ2n) is 6.46. The third-order valence-corrected chi connectivity index (χ3v) is 4.54. The number of amides is 2. The first kappa shape index (κ1) is 20.7. The molecule has 0 aromatic heterocycles. The molecule has 7 heteroatoms. The van der Waals surface area contributed by atoms with Crippen LogP contribution in [-0.2, 0) is 11.2 Å². The molecule has 2 aromatic rings. The summed E-state index contributed by atoms with van der Waals surface area (Å²) in [4.78, 5) is 28.6. The molecule has 0 unspecified atom stereocenters. The molecular weight excluding hydrogens is 369 g/mol. The van der Waals surface area contributed by atoms with Crippen molar-refractivity contribution in [1.29, 1.82) is 0 Å². The number of nitrogens with two attached hydrogens (primary N) is 1. The van der Waals surface area contributed by atoms with Gasteiger partial charge in [-0.2, -0.15) is 0 Å². The Morgan fingerprint density at radius 2 is 1.63 bits per heavy atom. The van der Waals surface area contributed by atoms with Gasteiger partial charge in [0, 0.05) is 37.4 Å². The third kappa shape index (κ3) is 5.44. The molecule has 3 rings (SSSR count). The van der Waals surface area contributed by atoms with Gasteiger partial charge in [-0.15, -0.1) is 12.4 Å². The summed E-state index contributed by atoms with van der Waals surface area (Å²) < 4.78 is 13.3. The molecule has 1 heterocycles. The van der Waals surface area contributed by atoms with Gasteiger partial charge in [-0.1, -0.05) is 18.2 Å². The number of benzene rings is 2. The van der Waals surface area contributed by atoms with Crippen LogP contribution < -0.4 is 5.73 Å².